The largest absolute Gasteiger partial charge is 0.394 e. The summed E-state index contributed by atoms with van der Waals surface area (Å²) in [5.41, 5.74) is -1.36. The number of carbonyl (C=O) groups is 1. The molecule has 1 atom stereocenters. The predicted molar refractivity (Wildman–Crippen MR) is 55.7 cm³/mol. The van der Waals surface area contributed by atoms with Crippen molar-refractivity contribution in [3.05, 3.63) is 0 Å². The quantitative estimate of drug-likeness (QED) is 0.458. The van der Waals surface area contributed by atoms with Gasteiger partial charge in [-0.25, -0.2) is 0 Å². The average Bonchev–Trinajstić information content (AvgIpc) is 2.37. The Balaban J connectivity index is 2.53. The van der Waals surface area contributed by atoms with Crippen LogP contribution >= 0.6 is 0 Å². The van der Waals surface area contributed by atoms with Crippen LogP contribution in [0.1, 0.15) is 19.3 Å². The zero-order valence-electron chi connectivity index (χ0n) is 9.19. The van der Waals surface area contributed by atoms with E-state index in [4.69, 9.17) is 20.1 Å². The third kappa shape index (κ3) is 3.15. The van der Waals surface area contributed by atoms with Crippen molar-refractivity contribution in [3.8, 4) is 0 Å². The van der Waals surface area contributed by atoms with Gasteiger partial charge in [0, 0.05) is 6.61 Å². The van der Waals surface area contributed by atoms with Gasteiger partial charge in [0.1, 0.15) is 11.6 Å². The Labute approximate surface area is 94.2 Å². The smallest absolute Gasteiger partial charge is 0.249 e. The monoisotopic (exact) mass is 233 g/mol. The van der Waals surface area contributed by atoms with E-state index in [2.05, 4.69) is 5.32 Å². The lowest BCUT2D eigenvalue weighted by atomic mass is 10.0. The summed E-state index contributed by atoms with van der Waals surface area (Å²) in [7, 11) is 0. The minimum atomic E-state index is -1.36. The highest BCUT2D eigenvalue weighted by Gasteiger charge is 2.33. The van der Waals surface area contributed by atoms with E-state index in [1.807, 2.05) is 0 Å². The topological polar surface area (TPSA) is 99.0 Å². The first-order valence-corrected chi connectivity index (χ1v) is 5.43. The Morgan fingerprint density at radius 1 is 1.25 bits per heavy atom. The van der Waals surface area contributed by atoms with Crippen molar-refractivity contribution in [3.63, 3.8) is 0 Å². The number of hydrogen-bond donors (Lipinski definition) is 4. The predicted octanol–water partition coefficient (Wildman–Crippen LogP) is -1.61. The van der Waals surface area contributed by atoms with E-state index in [9.17, 15) is 4.79 Å². The van der Waals surface area contributed by atoms with Crippen LogP contribution < -0.4 is 5.32 Å². The van der Waals surface area contributed by atoms with Crippen LogP contribution in [-0.4, -0.2) is 59.3 Å². The van der Waals surface area contributed by atoms with Gasteiger partial charge >= 0.3 is 0 Å². The lowest BCUT2D eigenvalue weighted by Gasteiger charge is -2.31. The molecule has 6 nitrogen and oxygen atoms in total. The number of amides is 1. The highest BCUT2D eigenvalue weighted by Crippen LogP contribution is 2.14. The Morgan fingerprint density at radius 2 is 1.88 bits per heavy atom. The van der Waals surface area contributed by atoms with Crippen LogP contribution in [0.5, 0.6) is 0 Å². The summed E-state index contributed by atoms with van der Waals surface area (Å²) in [4.78, 5) is 11.7. The van der Waals surface area contributed by atoms with Gasteiger partial charge in [-0.2, -0.15) is 0 Å². The van der Waals surface area contributed by atoms with E-state index >= 15 is 0 Å². The van der Waals surface area contributed by atoms with Crippen LogP contribution in [0.15, 0.2) is 0 Å². The van der Waals surface area contributed by atoms with Crippen molar-refractivity contribution in [2.45, 2.75) is 30.9 Å². The Bertz CT molecular complexity index is 215. The van der Waals surface area contributed by atoms with E-state index in [1.54, 1.807) is 0 Å². The van der Waals surface area contributed by atoms with Crippen molar-refractivity contribution >= 4 is 5.91 Å². The highest BCUT2D eigenvalue weighted by atomic mass is 16.5. The van der Waals surface area contributed by atoms with Gasteiger partial charge in [-0.05, 0) is 19.3 Å². The maximum Gasteiger partial charge on any atom is 0.249 e. The third-order valence-corrected chi connectivity index (χ3v) is 2.77. The molecule has 0 aromatic rings. The maximum atomic E-state index is 11.7. The molecule has 1 fully saturated rings. The average molecular weight is 233 g/mol. The molecule has 1 aliphatic rings. The Hall–Kier alpha value is -0.690. The molecule has 0 bridgehead atoms. The molecule has 0 saturated carbocycles. The molecular weight excluding hydrogens is 214 g/mol. The second-order valence-corrected chi connectivity index (χ2v) is 4.10. The minimum absolute atomic E-state index is 0.392. The summed E-state index contributed by atoms with van der Waals surface area (Å²) < 4.78 is 5.26. The Morgan fingerprint density at radius 3 is 2.31 bits per heavy atom. The molecule has 0 aromatic heterocycles. The first kappa shape index (κ1) is 13.4. The summed E-state index contributed by atoms with van der Waals surface area (Å²) in [5.74, 6) is -0.392. The number of hydrogen-bond acceptors (Lipinski definition) is 5. The molecule has 0 spiro atoms. The summed E-state index contributed by atoms with van der Waals surface area (Å²) in [6.45, 7) is -1.00. The van der Waals surface area contributed by atoms with Gasteiger partial charge < -0.3 is 25.4 Å². The molecule has 6 heteroatoms. The van der Waals surface area contributed by atoms with Crippen LogP contribution in [0, 0.1) is 0 Å². The molecule has 1 aliphatic heterocycles. The van der Waals surface area contributed by atoms with Gasteiger partial charge in [0.25, 0.3) is 0 Å². The van der Waals surface area contributed by atoms with Gasteiger partial charge in [-0.1, -0.05) is 0 Å². The number of carbonyl (C=O) groups excluding carboxylic acids is 1. The molecule has 4 N–H and O–H groups in total. The normalized spacial score (nSPS) is 21.8. The third-order valence-electron chi connectivity index (χ3n) is 2.77. The summed E-state index contributed by atoms with van der Waals surface area (Å²) in [6.07, 6.45) is 1.94. The summed E-state index contributed by atoms with van der Waals surface area (Å²) >= 11 is 0. The van der Waals surface area contributed by atoms with Gasteiger partial charge in [0.05, 0.1) is 19.8 Å². The van der Waals surface area contributed by atoms with E-state index in [0.717, 1.165) is 12.8 Å². The molecule has 0 aromatic carbocycles. The molecule has 1 unspecified atom stereocenters. The number of rotatable bonds is 5. The Kier molecular flexibility index (Phi) is 5.14. The molecular formula is C10H19NO5. The fourth-order valence-electron chi connectivity index (χ4n) is 1.56. The molecule has 1 rings (SSSR count). The lowest BCUT2D eigenvalue weighted by molar-refractivity contribution is -0.139. The molecule has 1 amide bonds. The maximum absolute atomic E-state index is 11.7. The van der Waals surface area contributed by atoms with E-state index in [1.165, 1.54) is 0 Å². The van der Waals surface area contributed by atoms with Crippen molar-refractivity contribution < 1.29 is 24.9 Å². The molecule has 16 heavy (non-hydrogen) atoms. The van der Waals surface area contributed by atoms with E-state index in [-0.39, 0.29) is 0 Å². The SMILES string of the molecule is O=C(NC(CO)(CO)CO)C1CCCCO1. The van der Waals surface area contributed by atoms with Crippen LogP contribution in [-0.2, 0) is 9.53 Å². The summed E-state index contributed by atoms with van der Waals surface area (Å²) in [5, 5.41) is 29.6. The zero-order chi connectivity index (χ0) is 12.0. The second kappa shape index (κ2) is 6.15. The van der Waals surface area contributed by atoms with Crippen molar-refractivity contribution in [2.75, 3.05) is 26.4 Å². The standard InChI is InChI=1S/C10H19NO5/c12-5-10(6-13,7-14)11-9(15)8-3-1-2-4-16-8/h8,12-14H,1-7H2,(H,11,15). The van der Waals surface area contributed by atoms with Crippen molar-refractivity contribution in [1.82, 2.24) is 5.32 Å². The second-order valence-electron chi connectivity index (χ2n) is 4.10. The molecule has 94 valence electrons. The molecule has 1 heterocycles. The minimum Gasteiger partial charge on any atom is -0.394 e. The van der Waals surface area contributed by atoms with Gasteiger partial charge in [-0.15, -0.1) is 0 Å². The van der Waals surface area contributed by atoms with Crippen molar-refractivity contribution in [2.24, 2.45) is 0 Å². The van der Waals surface area contributed by atoms with Crippen molar-refractivity contribution in [1.29, 1.82) is 0 Å². The first-order chi connectivity index (χ1) is 7.67. The van der Waals surface area contributed by atoms with Gasteiger partial charge in [0.2, 0.25) is 5.91 Å². The van der Waals surface area contributed by atoms with Gasteiger partial charge in [-0.3, -0.25) is 4.79 Å². The number of aliphatic hydroxyl groups excluding tert-OH is 3. The number of ether oxygens (including phenoxy) is 1. The van der Waals surface area contributed by atoms with Crippen LogP contribution in [0.2, 0.25) is 0 Å². The number of aliphatic hydroxyl groups is 3. The van der Waals surface area contributed by atoms with Crippen LogP contribution in [0.25, 0.3) is 0 Å². The first-order valence-electron chi connectivity index (χ1n) is 5.43. The highest BCUT2D eigenvalue weighted by molar-refractivity contribution is 5.81. The van der Waals surface area contributed by atoms with E-state index in [0.29, 0.717) is 13.0 Å². The van der Waals surface area contributed by atoms with Crippen LogP contribution in [0.4, 0.5) is 0 Å². The lowest BCUT2D eigenvalue weighted by Crippen LogP contribution is -2.59. The van der Waals surface area contributed by atoms with Crippen LogP contribution in [0.3, 0.4) is 0 Å². The zero-order valence-corrected chi connectivity index (χ0v) is 9.19. The van der Waals surface area contributed by atoms with E-state index < -0.39 is 37.4 Å². The summed E-state index contributed by atoms with van der Waals surface area (Å²) in [6, 6.07) is 0. The molecule has 0 radical (unpaired) electrons. The number of nitrogens with one attached hydrogen (secondary N) is 1. The fraction of sp³-hybridized carbons (Fsp3) is 0.900. The molecule has 0 aliphatic carbocycles. The fourth-order valence-corrected chi connectivity index (χ4v) is 1.56. The molecule has 1 saturated heterocycles. The van der Waals surface area contributed by atoms with Gasteiger partial charge in [0.15, 0.2) is 0 Å².